The molecule has 0 saturated carbocycles. The molecule has 1 aromatic rings. The van der Waals surface area contributed by atoms with Crippen LogP contribution in [0.25, 0.3) is 10.4 Å². The molecule has 1 rings (SSSR count). The lowest BCUT2D eigenvalue weighted by molar-refractivity contribution is -0.148. The minimum atomic E-state index is -1.08. The number of hydrogen-bond acceptors (Lipinski definition) is 5. The molecule has 0 aliphatic carbocycles. The summed E-state index contributed by atoms with van der Waals surface area (Å²) in [6, 6.07) is 7.28. The van der Waals surface area contributed by atoms with Gasteiger partial charge in [-0.2, -0.15) is 0 Å². The fraction of sp³-hybridized carbons (Fsp3) is 0.500. The number of benzene rings is 1. The minimum Gasteiger partial charge on any atom is -0.494 e. The summed E-state index contributed by atoms with van der Waals surface area (Å²) >= 11 is 0. The molecule has 0 aliphatic rings. The summed E-state index contributed by atoms with van der Waals surface area (Å²) in [7, 11) is 1.33. The second-order valence-corrected chi connectivity index (χ2v) is 4.43. The van der Waals surface area contributed by atoms with Gasteiger partial charge in [-0.25, -0.2) is 4.79 Å². The normalized spacial score (nSPS) is 12.9. The standard InChI is InChI=1S/C14H20N4O3/c1-4-21-12-8-6-5-7-11(12)14(2,13(19)20-3)16-9-10-17-18-15/h5-8,16H,4,9-10H2,1-3H3. The van der Waals surface area contributed by atoms with Gasteiger partial charge in [-0.15, -0.1) is 0 Å². The molecule has 21 heavy (non-hydrogen) atoms. The number of esters is 1. The zero-order valence-electron chi connectivity index (χ0n) is 12.5. The van der Waals surface area contributed by atoms with Crippen LogP contribution in [0.1, 0.15) is 19.4 Å². The van der Waals surface area contributed by atoms with Crippen LogP contribution in [0, 0.1) is 0 Å². The van der Waals surface area contributed by atoms with E-state index < -0.39 is 11.5 Å². The molecule has 0 fully saturated rings. The quantitative estimate of drug-likeness (QED) is 0.261. The van der Waals surface area contributed by atoms with Gasteiger partial charge >= 0.3 is 5.97 Å². The lowest BCUT2D eigenvalue weighted by Crippen LogP contribution is -2.48. The molecular weight excluding hydrogens is 272 g/mol. The summed E-state index contributed by atoms with van der Waals surface area (Å²) in [6.07, 6.45) is 0. The molecule has 0 radical (unpaired) electrons. The summed E-state index contributed by atoms with van der Waals surface area (Å²) in [5.74, 6) is 0.180. The van der Waals surface area contributed by atoms with Crippen molar-refractivity contribution in [3.05, 3.63) is 40.3 Å². The number of rotatable bonds is 8. The zero-order chi connectivity index (χ0) is 15.7. The summed E-state index contributed by atoms with van der Waals surface area (Å²) in [5.41, 5.74) is 7.90. The van der Waals surface area contributed by atoms with Crippen LogP contribution < -0.4 is 10.1 Å². The Hall–Kier alpha value is -2.24. The molecule has 0 bridgehead atoms. The number of methoxy groups -OCH3 is 1. The highest BCUT2D eigenvalue weighted by Crippen LogP contribution is 2.31. The van der Waals surface area contributed by atoms with Crippen LogP contribution in [0.15, 0.2) is 29.4 Å². The summed E-state index contributed by atoms with van der Waals surface area (Å²) in [5, 5.41) is 6.52. The highest BCUT2D eigenvalue weighted by atomic mass is 16.5. The summed E-state index contributed by atoms with van der Waals surface area (Å²) in [4.78, 5) is 14.9. The molecule has 0 spiro atoms. The van der Waals surface area contributed by atoms with Crippen molar-refractivity contribution < 1.29 is 14.3 Å². The van der Waals surface area contributed by atoms with Gasteiger partial charge in [-0.1, -0.05) is 23.3 Å². The molecule has 0 heterocycles. The van der Waals surface area contributed by atoms with Crippen LogP contribution in [-0.4, -0.2) is 32.8 Å². The number of para-hydroxylation sites is 1. The molecule has 0 aromatic heterocycles. The van der Waals surface area contributed by atoms with E-state index in [0.717, 1.165) is 0 Å². The van der Waals surface area contributed by atoms with Gasteiger partial charge in [0, 0.05) is 23.6 Å². The third kappa shape index (κ3) is 4.11. The van der Waals surface area contributed by atoms with E-state index in [0.29, 0.717) is 24.5 Å². The molecule has 0 saturated heterocycles. The van der Waals surface area contributed by atoms with E-state index in [1.54, 1.807) is 13.0 Å². The monoisotopic (exact) mass is 292 g/mol. The Morgan fingerprint density at radius 1 is 1.48 bits per heavy atom. The second-order valence-electron chi connectivity index (χ2n) is 4.43. The summed E-state index contributed by atoms with van der Waals surface area (Å²) < 4.78 is 10.5. The number of ether oxygens (including phenoxy) is 2. The van der Waals surface area contributed by atoms with Crippen LogP contribution in [0.5, 0.6) is 5.75 Å². The average Bonchev–Trinajstić information content (AvgIpc) is 2.51. The molecule has 1 unspecified atom stereocenters. The first-order chi connectivity index (χ1) is 10.1. The molecular formula is C14H20N4O3. The Kier molecular flexibility index (Phi) is 6.52. The fourth-order valence-electron chi connectivity index (χ4n) is 2.04. The third-order valence-corrected chi connectivity index (χ3v) is 3.07. The lowest BCUT2D eigenvalue weighted by Gasteiger charge is -2.30. The van der Waals surface area contributed by atoms with Crippen molar-refractivity contribution in [3.8, 4) is 5.75 Å². The highest BCUT2D eigenvalue weighted by molar-refractivity contribution is 5.83. The molecule has 7 nitrogen and oxygen atoms in total. The van der Waals surface area contributed by atoms with Crippen molar-refractivity contribution in [1.82, 2.24) is 5.32 Å². The molecule has 1 N–H and O–H groups in total. The van der Waals surface area contributed by atoms with Crippen molar-refractivity contribution >= 4 is 5.97 Å². The predicted molar refractivity (Wildman–Crippen MR) is 79.0 cm³/mol. The first kappa shape index (κ1) is 16.8. The SMILES string of the molecule is CCOc1ccccc1C(C)(NCCN=[N+]=[N-])C(=O)OC. The Bertz CT molecular complexity index is 529. The van der Waals surface area contributed by atoms with Gasteiger partial charge in [0.1, 0.15) is 11.3 Å². The average molecular weight is 292 g/mol. The number of carbonyl (C=O) groups is 1. The largest absolute Gasteiger partial charge is 0.494 e. The second kappa shape index (κ2) is 8.14. The van der Waals surface area contributed by atoms with Crippen molar-refractivity contribution in [3.63, 3.8) is 0 Å². The summed E-state index contributed by atoms with van der Waals surface area (Å²) in [6.45, 7) is 4.66. The smallest absolute Gasteiger partial charge is 0.330 e. The lowest BCUT2D eigenvalue weighted by atomic mass is 9.91. The highest BCUT2D eigenvalue weighted by Gasteiger charge is 2.38. The van der Waals surface area contributed by atoms with Crippen LogP contribution in [0.4, 0.5) is 0 Å². The first-order valence-electron chi connectivity index (χ1n) is 6.66. The van der Waals surface area contributed by atoms with Crippen LogP contribution in [0.2, 0.25) is 0 Å². The van der Waals surface area contributed by atoms with Gasteiger partial charge in [0.25, 0.3) is 0 Å². The predicted octanol–water partition coefficient (Wildman–Crippen LogP) is 2.37. The maximum absolute atomic E-state index is 12.2. The van der Waals surface area contributed by atoms with Gasteiger partial charge in [-0.3, -0.25) is 5.32 Å². The van der Waals surface area contributed by atoms with E-state index in [2.05, 4.69) is 15.3 Å². The van der Waals surface area contributed by atoms with E-state index in [-0.39, 0.29) is 6.54 Å². The number of nitrogens with zero attached hydrogens (tertiary/aromatic N) is 3. The first-order valence-corrected chi connectivity index (χ1v) is 6.66. The molecule has 1 aromatic carbocycles. The van der Waals surface area contributed by atoms with Gasteiger partial charge in [0.05, 0.1) is 13.7 Å². The molecule has 0 aliphatic heterocycles. The van der Waals surface area contributed by atoms with Crippen LogP contribution >= 0.6 is 0 Å². The van der Waals surface area contributed by atoms with Gasteiger partial charge in [0.2, 0.25) is 0 Å². The third-order valence-electron chi connectivity index (χ3n) is 3.07. The maximum atomic E-state index is 12.2. The molecule has 0 amide bonds. The van der Waals surface area contributed by atoms with Gasteiger partial charge in [-0.05, 0) is 25.4 Å². The number of carbonyl (C=O) groups excluding carboxylic acids is 1. The number of azide groups is 1. The van der Waals surface area contributed by atoms with E-state index in [1.807, 2.05) is 25.1 Å². The Morgan fingerprint density at radius 2 is 2.19 bits per heavy atom. The van der Waals surface area contributed by atoms with Crippen molar-refractivity contribution in [2.45, 2.75) is 19.4 Å². The Labute approximate surface area is 123 Å². The Balaban J connectivity index is 3.11. The molecule has 7 heteroatoms. The van der Waals surface area contributed by atoms with Crippen molar-refractivity contribution in [2.24, 2.45) is 5.11 Å². The van der Waals surface area contributed by atoms with Crippen molar-refractivity contribution in [2.75, 3.05) is 26.8 Å². The van der Waals surface area contributed by atoms with Gasteiger partial charge < -0.3 is 9.47 Å². The number of nitrogens with one attached hydrogen (secondary N) is 1. The van der Waals surface area contributed by atoms with Crippen LogP contribution in [-0.2, 0) is 15.1 Å². The topological polar surface area (TPSA) is 96.3 Å². The van der Waals surface area contributed by atoms with Crippen molar-refractivity contribution in [1.29, 1.82) is 0 Å². The van der Waals surface area contributed by atoms with E-state index >= 15 is 0 Å². The zero-order valence-corrected chi connectivity index (χ0v) is 12.5. The Morgan fingerprint density at radius 3 is 2.81 bits per heavy atom. The van der Waals surface area contributed by atoms with E-state index in [9.17, 15) is 4.79 Å². The number of hydrogen-bond donors (Lipinski definition) is 1. The molecule has 1 atom stereocenters. The molecule has 114 valence electrons. The minimum absolute atomic E-state index is 0.236. The fourth-order valence-corrected chi connectivity index (χ4v) is 2.04. The van der Waals surface area contributed by atoms with E-state index in [4.69, 9.17) is 15.0 Å². The van der Waals surface area contributed by atoms with Crippen LogP contribution in [0.3, 0.4) is 0 Å². The van der Waals surface area contributed by atoms with Gasteiger partial charge in [0.15, 0.2) is 0 Å². The maximum Gasteiger partial charge on any atom is 0.330 e. The van der Waals surface area contributed by atoms with E-state index in [1.165, 1.54) is 7.11 Å².